The molecule has 0 aromatic heterocycles. The van der Waals surface area contributed by atoms with E-state index in [0.29, 0.717) is 18.8 Å². The molecule has 0 bridgehead atoms. The summed E-state index contributed by atoms with van der Waals surface area (Å²) >= 11 is 0. The molecule has 282 valence electrons. The third kappa shape index (κ3) is 10.2. The van der Waals surface area contributed by atoms with Crippen molar-refractivity contribution in [2.45, 2.75) is 168 Å². The average Bonchev–Trinajstić information content (AvgIpc) is 3.44. The summed E-state index contributed by atoms with van der Waals surface area (Å²) in [7, 11) is 0. The number of amides is 1. The van der Waals surface area contributed by atoms with Gasteiger partial charge >= 0.3 is 5.97 Å². The van der Waals surface area contributed by atoms with Crippen LogP contribution in [0.25, 0.3) is 0 Å². The van der Waals surface area contributed by atoms with Gasteiger partial charge in [0.05, 0.1) is 12.2 Å². The van der Waals surface area contributed by atoms with Crippen molar-refractivity contribution in [1.82, 2.24) is 5.32 Å². The fraction of sp³-hybridized carbons (Fsp3) is 0.773. The van der Waals surface area contributed by atoms with Gasteiger partial charge in [0.15, 0.2) is 0 Å². The summed E-state index contributed by atoms with van der Waals surface area (Å²) < 4.78 is 0. The summed E-state index contributed by atoms with van der Waals surface area (Å²) in [5.74, 6) is 0.980. The van der Waals surface area contributed by atoms with Crippen LogP contribution in [0, 0.1) is 46.3 Å². The largest absolute Gasteiger partial charge is 0.481 e. The van der Waals surface area contributed by atoms with Crippen LogP contribution in [0.4, 0.5) is 0 Å². The molecule has 0 aromatic carbocycles. The topological polar surface area (TPSA) is 107 Å². The van der Waals surface area contributed by atoms with E-state index in [1.165, 1.54) is 25.7 Å². The maximum atomic E-state index is 12.9. The Morgan fingerprint density at radius 1 is 0.800 bits per heavy atom. The van der Waals surface area contributed by atoms with Gasteiger partial charge in [0.25, 0.3) is 0 Å². The third-order valence-corrected chi connectivity index (χ3v) is 14.0. The Bertz CT molecular complexity index is 1190. The fourth-order valence-corrected chi connectivity index (χ4v) is 11.1. The maximum Gasteiger partial charge on any atom is 0.303 e. The lowest BCUT2D eigenvalue weighted by Crippen LogP contribution is -2.63. The lowest BCUT2D eigenvalue weighted by Gasteiger charge is -2.63. The van der Waals surface area contributed by atoms with E-state index in [1.807, 2.05) is 0 Å². The van der Waals surface area contributed by atoms with E-state index >= 15 is 0 Å². The Morgan fingerprint density at radius 2 is 1.44 bits per heavy atom. The van der Waals surface area contributed by atoms with Crippen LogP contribution in [-0.4, -0.2) is 45.4 Å². The van der Waals surface area contributed by atoms with Gasteiger partial charge in [-0.25, -0.2) is 0 Å². The van der Waals surface area contributed by atoms with Crippen molar-refractivity contribution in [3.63, 3.8) is 0 Å². The van der Waals surface area contributed by atoms with Gasteiger partial charge in [-0.2, -0.15) is 0 Å². The number of carbonyl (C=O) groups is 2. The van der Waals surface area contributed by atoms with Crippen LogP contribution in [0.15, 0.2) is 48.6 Å². The van der Waals surface area contributed by atoms with Crippen LogP contribution in [0.3, 0.4) is 0 Å². The van der Waals surface area contributed by atoms with E-state index in [2.05, 4.69) is 81.6 Å². The van der Waals surface area contributed by atoms with Crippen molar-refractivity contribution in [3.05, 3.63) is 48.6 Å². The number of carbonyl (C=O) groups excluding carboxylic acids is 1. The number of carboxylic acids is 1. The molecule has 4 aliphatic carbocycles. The summed E-state index contributed by atoms with van der Waals surface area (Å²) in [6.07, 6.45) is 34.5. The SMILES string of the molecule is CCCCC/C=C\C/C=C\C/C=C\C/C=C\CCCC(=O)N[C@H]1CC[C@@]2(C)[C@@H](C1)C[C@@H](O)[C@@H]1[C@@H]2C[C@H](O)[C@]2(C)[C@@H]([C@H](C)CCC(=O)O)CC[C@@H]12. The standard InChI is InChI=1S/C44H71NO5/c1-5-6-7-8-9-10-11-12-13-14-15-16-17-18-19-20-21-22-40(48)45-34-27-28-43(3)33(29-34)30-38(46)42-36-25-24-35(32(2)23-26-41(49)50)44(36,4)39(47)31-37(42)43/h9-10,12-13,15-16,18-19,32-39,42,46-47H,5-8,11,14,17,20-31H2,1-4H3,(H,45,48)(H,49,50)/b10-9-,13-12-,16-15-,19-18-/t32-,33+,34+,35-,36+,37+,38-,39+,42+,43+,44-/m1/s1. The molecule has 4 aliphatic rings. The first-order chi connectivity index (χ1) is 24.0. The van der Waals surface area contributed by atoms with Gasteiger partial charge < -0.3 is 20.6 Å². The molecule has 0 radical (unpaired) electrons. The van der Waals surface area contributed by atoms with Gasteiger partial charge in [-0.1, -0.05) is 89.1 Å². The highest BCUT2D eigenvalue weighted by Crippen LogP contribution is 2.68. The van der Waals surface area contributed by atoms with Crippen molar-refractivity contribution in [3.8, 4) is 0 Å². The molecule has 4 saturated carbocycles. The van der Waals surface area contributed by atoms with Gasteiger partial charge in [0.2, 0.25) is 5.91 Å². The number of aliphatic hydroxyl groups excluding tert-OH is 2. The molecule has 1 amide bonds. The van der Waals surface area contributed by atoms with Crippen molar-refractivity contribution in [2.75, 3.05) is 0 Å². The first kappa shape index (κ1) is 40.6. The molecule has 50 heavy (non-hydrogen) atoms. The molecule has 6 heteroatoms. The molecule has 11 atom stereocenters. The van der Waals surface area contributed by atoms with Crippen LogP contribution in [-0.2, 0) is 9.59 Å². The number of aliphatic hydroxyl groups is 2. The van der Waals surface area contributed by atoms with E-state index in [4.69, 9.17) is 0 Å². The number of unbranched alkanes of at least 4 members (excludes halogenated alkanes) is 4. The second-order valence-electron chi connectivity index (χ2n) is 17.0. The Labute approximate surface area is 304 Å². The Morgan fingerprint density at radius 3 is 2.08 bits per heavy atom. The summed E-state index contributed by atoms with van der Waals surface area (Å²) in [6, 6.07) is 0.158. The van der Waals surface area contributed by atoms with Crippen molar-refractivity contribution in [2.24, 2.45) is 46.3 Å². The Balaban J connectivity index is 1.16. The zero-order valence-corrected chi connectivity index (χ0v) is 31.9. The minimum atomic E-state index is -0.753. The van der Waals surface area contributed by atoms with E-state index < -0.39 is 12.1 Å². The molecule has 0 heterocycles. The number of aliphatic carboxylic acids is 1. The highest BCUT2D eigenvalue weighted by atomic mass is 16.4. The first-order valence-corrected chi connectivity index (χ1v) is 20.5. The zero-order valence-electron chi connectivity index (χ0n) is 31.9. The predicted octanol–water partition coefficient (Wildman–Crippen LogP) is 9.72. The van der Waals surface area contributed by atoms with E-state index in [-0.39, 0.29) is 64.9 Å². The molecular formula is C44H71NO5. The first-order valence-electron chi connectivity index (χ1n) is 20.5. The summed E-state index contributed by atoms with van der Waals surface area (Å²) in [5, 5.41) is 36.1. The molecular weight excluding hydrogens is 622 g/mol. The summed E-state index contributed by atoms with van der Waals surface area (Å²) in [4.78, 5) is 24.2. The number of rotatable bonds is 19. The van der Waals surface area contributed by atoms with Crippen molar-refractivity contribution < 1.29 is 24.9 Å². The molecule has 0 spiro atoms. The highest BCUT2D eigenvalue weighted by Gasteiger charge is 2.65. The summed E-state index contributed by atoms with van der Waals surface area (Å²) in [5.41, 5.74) is -0.219. The number of fused-ring (bicyclic) bond motifs is 5. The average molecular weight is 694 g/mol. The molecule has 4 N–H and O–H groups in total. The number of hydrogen-bond donors (Lipinski definition) is 4. The quantitative estimate of drug-likeness (QED) is 0.0796. The lowest BCUT2D eigenvalue weighted by atomic mass is 9.43. The van der Waals surface area contributed by atoms with Crippen LogP contribution in [0.5, 0.6) is 0 Å². The van der Waals surface area contributed by atoms with Crippen LogP contribution < -0.4 is 5.32 Å². The molecule has 4 fully saturated rings. The van der Waals surface area contributed by atoms with E-state index in [9.17, 15) is 24.9 Å². The Kier molecular flexibility index (Phi) is 15.9. The molecule has 0 saturated heterocycles. The minimum absolute atomic E-state index is 0.0564. The lowest BCUT2D eigenvalue weighted by molar-refractivity contribution is -0.202. The van der Waals surface area contributed by atoms with E-state index in [0.717, 1.165) is 77.0 Å². The normalized spacial score (nSPS) is 36.2. The third-order valence-electron chi connectivity index (χ3n) is 14.0. The summed E-state index contributed by atoms with van der Waals surface area (Å²) in [6.45, 7) is 9.05. The minimum Gasteiger partial charge on any atom is -0.481 e. The number of nitrogens with one attached hydrogen (secondary N) is 1. The monoisotopic (exact) mass is 694 g/mol. The van der Waals surface area contributed by atoms with Crippen LogP contribution in [0.2, 0.25) is 0 Å². The molecule has 6 nitrogen and oxygen atoms in total. The number of hydrogen-bond acceptors (Lipinski definition) is 4. The molecule has 4 rings (SSSR count). The predicted molar refractivity (Wildman–Crippen MR) is 204 cm³/mol. The Hall–Kier alpha value is -2.18. The highest BCUT2D eigenvalue weighted by molar-refractivity contribution is 5.76. The van der Waals surface area contributed by atoms with Crippen LogP contribution in [0.1, 0.15) is 150 Å². The van der Waals surface area contributed by atoms with Crippen molar-refractivity contribution in [1.29, 1.82) is 0 Å². The van der Waals surface area contributed by atoms with Gasteiger partial charge in [-0.3, -0.25) is 9.59 Å². The van der Waals surface area contributed by atoms with E-state index in [1.54, 1.807) is 0 Å². The van der Waals surface area contributed by atoms with Crippen molar-refractivity contribution >= 4 is 11.9 Å². The number of allylic oxidation sites excluding steroid dienone is 8. The van der Waals surface area contributed by atoms with Crippen LogP contribution >= 0.6 is 0 Å². The molecule has 0 aromatic rings. The second kappa shape index (κ2) is 19.6. The second-order valence-corrected chi connectivity index (χ2v) is 17.0. The smallest absolute Gasteiger partial charge is 0.303 e. The molecule has 0 aliphatic heterocycles. The van der Waals surface area contributed by atoms with Gasteiger partial charge in [0, 0.05) is 18.9 Å². The van der Waals surface area contributed by atoms with Gasteiger partial charge in [-0.05, 0) is 143 Å². The van der Waals surface area contributed by atoms with Gasteiger partial charge in [-0.15, -0.1) is 0 Å². The van der Waals surface area contributed by atoms with Gasteiger partial charge in [0.1, 0.15) is 0 Å². The number of carboxylic acid groups (broad SMARTS) is 1. The molecule has 0 unspecified atom stereocenters. The zero-order chi connectivity index (χ0) is 36.1. The fourth-order valence-electron chi connectivity index (χ4n) is 11.1. The maximum absolute atomic E-state index is 12.9.